The zero-order valence-corrected chi connectivity index (χ0v) is 18.6. The summed E-state index contributed by atoms with van der Waals surface area (Å²) in [6.07, 6.45) is 3.79. The molecule has 5 aromatic rings. The Balaban J connectivity index is 1.52. The van der Waals surface area contributed by atoms with Crippen molar-refractivity contribution in [3.63, 3.8) is 0 Å². The zero-order valence-electron chi connectivity index (χ0n) is 18.6. The highest BCUT2D eigenvalue weighted by Crippen LogP contribution is 2.24. The number of aliphatic hydroxyl groups excluding tert-OH is 1. The Morgan fingerprint density at radius 3 is 2.71 bits per heavy atom. The topological polar surface area (TPSA) is 130 Å². The second kappa shape index (κ2) is 8.73. The Morgan fingerprint density at radius 1 is 1.09 bits per heavy atom. The number of hydrogen-bond acceptors (Lipinski definition) is 8. The van der Waals surface area contributed by atoms with Gasteiger partial charge in [0.2, 0.25) is 0 Å². The van der Waals surface area contributed by atoms with Crippen molar-refractivity contribution in [3.05, 3.63) is 77.5 Å². The van der Waals surface area contributed by atoms with Crippen LogP contribution in [0.2, 0.25) is 0 Å². The molecular formula is C24H21N9O. The fourth-order valence-electron chi connectivity index (χ4n) is 3.68. The number of pyridine rings is 1. The van der Waals surface area contributed by atoms with Crippen molar-refractivity contribution >= 4 is 22.5 Å². The summed E-state index contributed by atoms with van der Waals surface area (Å²) < 4.78 is 3.48. The van der Waals surface area contributed by atoms with Gasteiger partial charge in [-0.25, -0.2) is 14.6 Å². The van der Waals surface area contributed by atoms with Gasteiger partial charge in [-0.2, -0.15) is 15.5 Å². The standard InChI is InChI=1S/C24H21N9O/c1-15-3-7-22(30-29-15)27-19-5-6-21-20(11-19)26-14-32(21)23-8-4-17(9-10-34)24(28-23)33-13-18(12-25)16(2)31-33/h3-8,11,13-14,34H,9-10H2,1-2H3,(H,27,30). The van der Waals surface area contributed by atoms with E-state index in [4.69, 9.17) is 4.98 Å². The molecule has 168 valence electrons. The number of rotatable bonds is 6. The lowest BCUT2D eigenvalue weighted by Gasteiger charge is -2.11. The average Bonchev–Trinajstić information content (AvgIpc) is 3.44. The molecule has 4 heterocycles. The van der Waals surface area contributed by atoms with Crippen LogP contribution in [-0.2, 0) is 6.42 Å². The summed E-state index contributed by atoms with van der Waals surface area (Å²) >= 11 is 0. The van der Waals surface area contributed by atoms with Crippen molar-refractivity contribution in [2.75, 3.05) is 11.9 Å². The van der Waals surface area contributed by atoms with E-state index in [2.05, 4.69) is 31.7 Å². The van der Waals surface area contributed by atoms with Gasteiger partial charge < -0.3 is 10.4 Å². The lowest BCUT2D eigenvalue weighted by atomic mass is 10.2. The second-order valence-corrected chi connectivity index (χ2v) is 7.81. The molecule has 0 aliphatic carbocycles. The van der Waals surface area contributed by atoms with E-state index in [1.807, 2.05) is 54.0 Å². The highest BCUT2D eigenvalue weighted by molar-refractivity contribution is 5.82. The van der Waals surface area contributed by atoms with Crippen LogP contribution in [0.4, 0.5) is 11.5 Å². The predicted octanol–water partition coefficient (Wildman–Crippen LogP) is 3.16. The normalized spacial score (nSPS) is 11.0. The first-order valence-electron chi connectivity index (χ1n) is 10.7. The van der Waals surface area contributed by atoms with Crippen LogP contribution >= 0.6 is 0 Å². The minimum atomic E-state index is -0.0193. The van der Waals surface area contributed by atoms with Crippen LogP contribution in [0.1, 0.15) is 22.5 Å². The summed E-state index contributed by atoms with van der Waals surface area (Å²) in [6.45, 7) is 3.65. The summed E-state index contributed by atoms with van der Waals surface area (Å²) in [5.74, 6) is 1.87. The van der Waals surface area contributed by atoms with E-state index in [1.54, 1.807) is 24.1 Å². The molecule has 0 saturated heterocycles. The number of benzene rings is 1. The van der Waals surface area contributed by atoms with Gasteiger partial charge in [-0.1, -0.05) is 6.07 Å². The average molecular weight is 451 g/mol. The quantitative estimate of drug-likeness (QED) is 0.403. The lowest BCUT2D eigenvalue weighted by Crippen LogP contribution is -2.08. The van der Waals surface area contributed by atoms with E-state index in [9.17, 15) is 10.4 Å². The highest BCUT2D eigenvalue weighted by Gasteiger charge is 2.14. The molecule has 34 heavy (non-hydrogen) atoms. The van der Waals surface area contributed by atoms with E-state index in [0.29, 0.717) is 35.1 Å². The first-order chi connectivity index (χ1) is 16.6. The van der Waals surface area contributed by atoms with Crippen molar-refractivity contribution in [1.82, 2.24) is 34.5 Å². The number of nitriles is 1. The monoisotopic (exact) mass is 451 g/mol. The van der Waals surface area contributed by atoms with Crippen molar-refractivity contribution in [3.8, 4) is 17.7 Å². The Bertz CT molecular complexity index is 1530. The first-order valence-corrected chi connectivity index (χ1v) is 10.7. The molecule has 2 N–H and O–H groups in total. The van der Waals surface area contributed by atoms with Crippen LogP contribution in [-0.4, -0.2) is 46.2 Å². The van der Waals surface area contributed by atoms with Crippen molar-refractivity contribution in [2.24, 2.45) is 0 Å². The number of aliphatic hydroxyl groups is 1. The first kappa shape index (κ1) is 21.2. The molecule has 0 saturated carbocycles. The fraction of sp³-hybridized carbons (Fsp3) is 0.167. The van der Waals surface area contributed by atoms with Gasteiger partial charge in [0.05, 0.1) is 34.2 Å². The van der Waals surface area contributed by atoms with Crippen molar-refractivity contribution in [1.29, 1.82) is 5.26 Å². The van der Waals surface area contributed by atoms with Gasteiger partial charge in [0.1, 0.15) is 18.2 Å². The largest absolute Gasteiger partial charge is 0.396 e. The van der Waals surface area contributed by atoms with E-state index < -0.39 is 0 Å². The Labute approximate surface area is 195 Å². The Morgan fingerprint density at radius 2 is 1.97 bits per heavy atom. The molecule has 0 bridgehead atoms. The second-order valence-electron chi connectivity index (χ2n) is 7.81. The lowest BCUT2D eigenvalue weighted by molar-refractivity contribution is 0.299. The highest BCUT2D eigenvalue weighted by atomic mass is 16.3. The minimum absolute atomic E-state index is 0.0193. The van der Waals surface area contributed by atoms with Crippen LogP contribution in [0.3, 0.4) is 0 Å². The fourth-order valence-corrected chi connectivity index (χ4v) is 3.68. The van der Waals surface area contributed by atoms with Crippen LogP contribution in [0.25, 0.3) is 22.7 Å². The van der Waals surface area contributed by atoms with Crippen LogP contribution in [0.5, 0.6) is 0 Å². The summed E-state index contributed by atoms with van der Waals surface area (Å²) in [5, 5.41) is 34.7. The van der Waals surface area contributed by atoms with Crippen molar-refractivity contribution < 1.29 is 5.11 Å². The molecule has 1 aromatic carbocycles. The third kappa shape index (κ3) is 3.96. The molecule has 10 heteroatoms. The molecule has 0 aliphatic heterocycles. The molecule has 0 aliphatic rings. The van der Waals surface area contributed by atoms with Crippen LogP contribution in [0, 0.1) is 25.2 Å². The number of aromatic nitrogens is 7. The Hall–Kier alpha value is -4.62. The zero-order chi connectivity index (χ0) is 23.7. The molecule has 0 fully saturated rings. The third-order valence-corrected chi connectivity index (χ3v) is 5.42. The molecule has 4 aromatic heterocycles. The SMILES string of the molecule is Cc1ccc(Nc2ccc3c(c2)ncn3-c2ccc(CCO)c(-n3cc(C#N)c(C)n3)n2)nn1. The summed E-state index contributed by atoms with van der Waals surface area (Å²) in [6, 6.07) is 15.5. The predicted molar refractivity (Wildman–Crippen MR) is 126 cm³/mol. The van der Waals surface area contributed by atoms with Gasteiger partial charge in [0.15, 0.2) is 11.6 Å². The number of fused-ring (bicyclic) bond motifs is 1. The summed E-state index contributed by atoms with van der Waals surface area (Å²) in [5.41, 5.74) is 5.29. The number of anilines is 2. The van der Waals surface area contributed by atoms with Crippen molar-refractivity contribution in [2.45, 2.75) is 20.3 Å². The minimum Gasteiger partial charge on any atom is -0.396 e. The maximum Gasteiger partial charge on any atom is 0.159 e. The molecule has 0 amide bonds. The maximum absolute atomic E-state index is 9.50. The third-order valence-electron chi connectivity index (χ3n) is 5.42. The maximum atomic E-state index is 9.50. The summed E-state index contributed by atoms with van der Waals surface area (Å²) in [7, 11) is 0. The van der Waals surface area contributed by atoms with Gasteiger partial charge in [0.25, 0.3) is 0 Å². The molecular weight excluding hydrogens is 430 g/mol. The van der Waals surface area contributed by atoms with E-state index in [0.717, 1.165) is 28.0 Å². The molecule has 0 spiro atoms. The number of nitrogens with one attached hydrogen (secondary N) is 1. The van der Waals surface area contributed by atoms with Crippen LogP contribution < -0.4 is 5.32 Å². The number of nitrogens with zero attached hydrogens (tertiary/aromatic N) is 8. The number of imidazole rings is 1. The van der Waals surface area contributed by atoms with Gasteiger partial charge >= 0.3 is 0 Å². The molecule has 0 atom stereocenters. The van der Waals surface area contributed by atoms with Gasteiger partial charge in [-0.05, 0) is 62.2 Å². The van der Waals surface area contributed by atoms with Gasteiger partial charge in [0, 0.05) is 12.3 Å². The van der Waals surface area contributed by atoms with Crippen LogP contribution in [0.15, 0.2) is 55.0 Å². The van der Waals surface area contributed by atoms with Gasteiger partial charge in [-0.3, -0.25) is 4.57 Å². The molecule has 0 radical (unpaired) electrons. The Kier molecular flexibility index (Phi) is 5.45. The molecule has 0 unspecified atom stereocenters. The molecule has 5 rings (SSSR count). The van der Waals surface area contributed by atoms with E-state index in [-0.39, 0.29) is 6.61 Å². The molecule has 10 nitrogen and oxygen atoms in total. The number of aryl methyl sites for hydroxylation is 2. The smallest absolute Gasteiger partial charge is 0.159 e. The van der Waals surface area contributed by atoms with Gasteiger partial charge in [-0.15, -0.1) is 5.10 Å². The van der Waals surface area contributed by atoms with E-state index >= 15 is 0 Å². The number of hydrogen-bond donors (Lipinski definition) is 2. The summed E-state index contributed by atoms with van der Waals surface area (Å²) in [4.78, 5) is 9.36. The van der Waals surface area contributed by atoms with E-state index in [1.165, 1.54) is 0 Å².